The van der Waals surface area contributed by atoms with E-state index in [-0.39, 0.29) is 24.2 Å². The average molecular weight is 425 g/mol. The van der Waals surface area contributed by atoms with Crippen LogP contribution in [0.4, 0.5) is 0 Å². The highest BCUT2D eigenvalue weighted by Gasteiger charge is 2.40. The molecular weight excluding hydrogens is 399 g/mol. The van der Waals surface area contributed by atoms with Crippen LogP contribution in [0.15, 0.2) is 28.8 Å². The summed E-state index contributed by atoms with van der Waals surface area (Å²) in [6, 6.07) is 7.35. The van der Waals surface area contributed by atoms with Crippen molar-refractivity contribution in [2.45, 2.75) is 56.4 Å². The van der Waals surface area contributed by atoms with Crippen molar-refractivity contribution >= 4 is 29.9 Å². The van der Waals surface area contributed by atoms with Gasteiger partial charge in [0.15, 0.2) is 0 Å². The van der Waals surface area contributed by atoms with E-state index in [2.05, 4.69) is 10.1 Å². The van der Waals surface area contributed by atoms with Gasteiger partial charge in [-0.1, -0.05) is 36.0 Å². The van der Waals surface area contributed by atoms with Crippen LogP contribution < -0.4 is 5.73 Å². The normalized spacial score (nSPS) is 21.8. The molecule has 6 nitrogen and oxygen atoms in total. The fraction of sp³-hybridized carbons (Fsp3) is 0.550. The Morgan fingerprint density at radius 2 is 1.89 bits per heavy atom. The number of carbonyl (C=O) groups is 1. The maximum atomic E-state index is 13.0. The number of hydrogen-bond acceptors (Lipinski definition) is 5. The summed E-state index contributed by atoms with van der Waals surface area (Å²) in [5.41, 5.74) is 6.63. The molecule has 1 aromatic heterocycles. The van der Waals surface area contributed by atoms with E-state index < -0.39 is 5.54 Å². The Labute approximate surface area is 176 Å². The molecule has 1 aliphatic heterocycles. The first-order chi connectivity index (χ1) is 13.0. The Bertz CT molecular complexity index is 803. The van der Waals surface area contributed by atoms with Gasteiger partial charge < -0.3 is 15.2 Å². The first-order valence-corrected chi connectivity index (χ1v) is 10.1. The molecule has 1 saturated carbocycles. The van der Waals surface area contributed by atoms with Gasteiger partial charge in [0.2, 0.25) is 17.6 Å². The Balaban J connectivity index is 0.00000225. The lowest BCUT2D eigenvalue weighted by Crippen LogP contribution is -2.57. The minimum absolute atomic E-state index is 0. The van der Waals surface area contributed by atoms with E-state index in [1.807, 2.05) is 17.0 Å². The Morgan fingerprint density at radius 3 is 2.61 bits per heavy atom. The second-order valence-corrected chi connectivity index (χ2v) is 8.21. The maximum absolute atomic E-state index is 13.0. The number of halogens is 2. The van der Waals surface area contributed by atoms with E-state index in [1.54, 1.807) is 12.1 Å². The number of benzene rings is 1. The molecule has 1 saturated heterocycles. The zero-order valence-electron chi connectivity index (χ0n) is 15.8. The fourth-order valence-electron chi connectivity index (χ4n) is 4.19. The summed E-state index contributed by atoms with van der Waals surface area (Å²) in [5.74, 6) is 1.28. The Hall–Kier alpha value is -1.63. The molecule has 0 radical (unpaired) electrons. The number of carbonyl (C=O) groups excluding carboxylic acids is 1. The summed E-state index contributed by atoms with van der Waals surface area (Å²) >= 11 is 5.94. The number of piperidine rings is 1. The molecule has 1 atom stereocenters. The van der Waals surface area contributed by atoms with Crippen LogP contribution in [0.1, 0.15) is 56.8 Å². The number of amides is 1. The van der Waals surface area contributed by atoms with Gasteiger partial charge in [-0.15, -0.1) is 12.4 Å². The molecule has 4 rings (SSSR count). The smallest absolute Gasteiger partial charge is 0.242 e. The number of aromatic nitrogens is 2. The lowest BCUT2D eigenvalue weighted by Gasteiger charge is -2.39. The average Bonchev–Trinajstić information content (AvgIpc) is 3.19. The van der Waals surface area contributed by atoms with Crippen molar-refractivity contribution in [3.63, 3.8) is 0 Å². The summed E-state index contributed by atoms with van der Waals surface area (Å²) in [6.45, 7) is 1.35. The van der Waals surface area contributed by atoms with Crippen molar-refractivity contribution in [1.29, 1.82) is 0 Å². The number of nitrogens with zero attached hydrogens (tertiary/aromatic N) is 3. The van der Waals surface area contributed by atoms with Gasteiger partial charge in [0.05, 0.1) is 11.5 Å². The van der Waals surface area contributed by atoms with Gasteiger partial charge in [0.25, 0.3) is 0 Å². The summed E-state index contributed by atoms with van der Waals surface area (Å²) in [7, 11) is 0. The lowest BCUT2D eigenvalue weighted by molar-refractivity contribution is -0.139. The topological polar surface area (TPSA) is 85.3 Å². The molecule has 8 heteroatoms. The number of rotatable bonds is 3. The summed E-state index contributed by atoms with van der Waals surface area (Å²) in [5, 5.41) is 4.78. The SMILES string of the molecule is Cl.NC1(C(=O)N2CCCC(c3nc(-c4ccc(Cl)cc4)no3)C2)CCCCC1. The first-order valence-electron chi connectivity index (χ1n) is 9.73. The van der Waals surface area contributed by atoms with Gasteiger partial charge in [0, 0.05) is 23.7 Å². The van der Waals surface area contributed by atoms with Gasteiger partial charge in [-0.05, 0) is 49.9 Å². The van der Waals surface area contributed by atoms with Crippen molar-refractivity contribution in [3.05, 3.63) is 35.2 Å². The highest BCUT2D eigenvalue weighted by Crippen LogP contribution is 2.32. The molecule has 2 aliphatic rings. The molecule has 2 heterocycles. The van der Waals surface area contributed by atoms with Crippen molar-refractivity contribution < 1.29 is 9.32 Å². The first kappa shape index (κ1) is 21.1. The molecule has 1 unspecified atom stereocenters. The molecule has 28 heavy (non-hydrogen) atoms. The molecule has 2 fully saturated rings. The van der Waals surface area contributed by atoms with E-state index in [1.165, 1.54) is 6.42 Å². The van der Waals surface area contributed by atoms with E-state index >= 15 is 0 Å². The largest absolute Gasteiger partial charge is 0.340 e. The maximum Gasteiger partial charge on any atom is 0.242 e. The number of hydrogen-bond donors (Lipinski definition) is 1. The van der Waals surface area contributed by atoms with Gasteiger partial charge in [0.1, 0.15) is 0 Å². The van der Waals surface area contributed by atoms with Gasteiger partial charge in [-0.2, -0.15) is 4.98 Å². The van der Waals surface area contributed by atoms with Gasteiger partial charge in [-0.25, -0.2) is 0 Å². The van der Waals surface area contributed by atoms with E-state index in [9.17, 15) is 4.79 Å². The van der Waals surface area contributed by atoms with Crippen LogP contribution in [0.25, 0.3) is 11.4 Å². The van der Waals surface area contributed by atoms with Crippen LogP contribution >= 0.6 is 24.0 Å². The van der Waals surface area contributed by atoms with Crippen LogP contribution in [0.5, 0.6) is 0 Å². The summed E-state index contributed by atoms with van der Waals surface area (Å²) < 4.78 is 5.52. The second kappa shape index (κ2) is 8.80. The monoisotopic (exact) mass is 424 g/mol. The van der Waals surface area contributed by atoms with E-state index in [4.69, 9.17) is 21.9 Å². The van der Waals surface area contributed by atoms with E-state index in [0.717, 1.165) is 50.6 Å². The lowest BCUT2D eigenvalue weighted by atomic mass is 9.81. The van der Waals surface area contributed by atoms with Crippen molar-refractivity contribution in [3.8, 4) is 11.4 Å². The zero-order valence-corrected chi connectivity index (χ0v) is 17.3. The molecule has 2 aromatic rings. The number of likely N-dealkylation sites (tertiary alicyclic amines) is 1. The molecule has 1 aliphatic carbocycles. The molecule has 1 aromatic carbocycles. The van der Waals surface area contributed by atoms with Crippen LogP contribution in [0, 0.1) is 0 Å². The predicted molar refractivity (Wildman–Crippen MR) is 111 cm³/mol. The van der Waals surface area contributed by atoms with E-state index in [0.29, 0.717) is 23.3 Å². The van der Waals surface area contributed by atoms with Crippen molar-refractivity contribution in [2.75, 3.05) is 13.1 Å². The Kier molecular flexibility index (Phi) is 6.63. The second-order valence-electron chi connectivity index (χ2n) is 7.77. The molecule has 1 amide bonds. The minimum Gasteiger partial charge on any atom is -0.340 e. The fourth-order valence-corrected chi connectivity index (χ4v) is 4.32. The molecule has 0 bridgehead atoms. The third kappa shape index (κ3) is 4.34. The minimum atomic E-state index is -0.691. The highest BCUT2D eigenvalue weighted by molar-refractivity contribution is 6.30. The summed E-state index contributed by atoms with van der Waals surface area (Å²) in [6.07, 6.45) is 6.67. The third-order valence-corrected chi connectivity index (χ3v) is 6.03. The van der Waals surface area contributed by atoms with Crippen LogP contribution in [-0.4, -0.2) is 39.6 Å². The van der Waals surface area contributed by atoms with Crippen molar-refractivity contribution in [2.24, 2.45) is 5.73 Å². The number of nitrogens with two attached hydrogens (primary N) is 1. The highest BCUT2D eigenvalue weighted by atomic mass is 35.5. The third-order valence-electron chi connectivity index (χ3n) is 5.77. The molecule has 2 N–H and O–H groups in total. The molecular formula is C20H26Cl2N4O2. The quantitative estimate of drug-likeness (QED) is 0.798. The van der Waals surface area contributed by atoms with Crippen LogP contribution in [0.3, 0.4) is 0 Å². The predicted octanol–water partition coefficient (Wildman–Crippen LogP) is 4.18. The zero-order chi connectivity index (χ0) is 18.9. The van der Waals surface area contributed by atoms with Crippen LogP contribution in [-0.2, 0) is 4.79 Å². The van der Waals surface area contributed by atoms with Crippen LogP contribution in [0.2, 0.25) is 5.02 Å². The Morgan fingerprint density at radius 1 is 1.18 bits per heavy atom. The van der Waals surface area contributed by atoms with Gasteiger partial charge >= 0.3 is 0 Å². The summed E-state index contributed by atoms with van der Waals surface area (Å²) in [4.78, 5) is 19.5. The van der Waals surface area contributed by atoms with Crippen molar-refractivity contribution in [1.82, 2.24) is 15.0 Å². The standard InChI is InChI=1S/C20H25ClN4O2.ClH/c21-16-8-6-14(7-9-16)17-23-18(27-24-17)15-5-4-12-25(13-15)19(26)20(22)10-2-1-3-11-20;/h6-9,15H,1-5,10-13,22H2;1H. The van der Waals surface area contributed by atoms with Gasteiger partial charge in [-0.3, -0.25) is 4.79 Å². The molecule has 152 valence electrons. The molecule has 0 spiro atoms.